The van der Waals surface area contributed by atoms with Crippen LogP contribution in [-0.2, 0) is 18.3 Å². The Balaban J connectivity index is 1.73. The van der Waals surface area contributed by atoms with Crippen molar-refractivity contribution in [2.45, 2.75) is 58.4 Å². The van der Waals surface area contributed by atoms with Crippen molar-refractivity contribution >= 4 is 5.96 Å². The molecule has 142 valence electrons. The van der Waals surface area contributed by atoms with Gasteiger partial charge in [0, 0.05) is 27.2 Å². The second-order valence-electron chi connectivity index (χ2n) is 6.88. The molecule has 0 saturated heterocycles. The average Bonchev–Trinajstić information content (AvgIpc) is 3.23. The molecule has 25 heavy (non-hydrogen) atoms. The van der Waals surface area contributed by atoms with Crippen LogP contribution in [0.1, 0.15) is 56.6 Å². The zero-order valence-electron chi connectivity index (χ0n) is 16.1. The van der Waals surface area contributed by atoms with E-state index in [4.69, 9.17) is 4.74 Å². The lowest BCUT2D eigenvalue weighted by atomic mass is 10.0. The highest BCUT2D eigenvalue weighted by Gasteiger charge is 2.13. The molecule has 0 atom stereocenters. The Kier molecular flexibility index (Phi) is 8.72. The fourth-order valence-corrected chi connectivity index (χ4v) is 3.25. The van der Waals surface area contributed by atoms with E-state index in [-0.39, 0.29) is 0 Å². The predicted molar refractivity (Wildman–Crippen MR) is 101 cm³/mol. The number of aromatic nitrogens is 3. The number of ether oxygens (including phenoxy) is 1. The molecule has 7 heteroatoms. The van der Waals surface area contributed by atoms with Crippen LogP contribution in [0.15, 0.2) is 4.99 Å². The van der Waals surface area contributed by atoms with Gasteiger partial charge in [0.15, 0.2) is 11.8 Å². The number of hydrogen-bond donors (Lipinski definition) is 2. The van der Waals surface area contributed by atoms with Gasteiger partial charge in [0.05, 0.1) is 6.61 Å². The van der Waals surface area contributed by atoms with Crippen LogP contribution in [0.5, 0.6) is 0 Å². The number of methoxy groups -OCH3 is 1. The van der Waals surface area contributed by atoms with E-state index in [0.29, 0.717) is 13.2 Å². The maximum atomic E-state index is 5.11. The number of guanidine groups is 1. The summed E-state index contributed by atoms with van der Waals surface area (Å²) in [7, 11) is 3.67. The molecule has 2 N–H and O–H groups in total. The van der Waals surface area contributed by atoms with E-state index in [0.717, 1.165) is 36.6 Å². The first-order valence-corrected chi connectivity index (χ1v) is 9.56. The zero-order valence-corrected chi connectivity index (χ0v) is 16.1. The van der Waals surface area contributed by atoms with E-state index >= 15 is 0 Å². The minimum atomic E-state index is 0.516. The Labute approximate surface area is 151 Å². The van der Waals surface area contributed by atoms with E-state index in [9.17, 15) is 0 Å². The number of nitrogens with zero attached hydrogens (tertiary/aromatic N) is 4. The molecule has 1 heterocycles. The van der Waals surface area contributed by atoms with Crippen molar-refractivity contribution in [2.24, 2.45) is 18.0 Å². The first kappa shape index (κ1) is 19.7. The molecule has 1 fully saturated rings. The molecule has 1 aliphatic rings. The van der Waals surface area contributed by atoms with Gasteiger partial charge in [-0.2, -0.15) is 0 Å². The smallest absolute Gasteiger partial charge is 0.191 e. The van der Waals surface area contributed by atoms with Crippen LogP contribution >= 0.6 is 0 Å². The van der Waals surface area contributed by atoms with E-state index in [1.54, 1.807) is 7.11 Å². The first-order valence-electron chi connectivity index (χ1n) is 9.56. The Morgan fingerprint density at radius 1 is 1.20 bits per heavy atom. The molecule has 1 aromatic rings. The molecule has 0 amide bonds. The number of hydrogen-bond acceptors (Lipinski definition) is 4. The van der Waals surface area contributed by atoms with Gasteiger partial charge < -0.3 is 19.9 Å². The lowest BCUT2D eigenvalue weighted by Crippen LogP contribution is -2.39. The van der Waals surface area contributed by atoms with Crippen LogP contribution in [0.4, 0.5) is 0 Å². The van der Waals surface area contributed by atoms with Gasteiger partial charge in [0.25, 0.3) is 0 Å². The Morgan fingerprint density at radius 3 is 2.64 bits per heavy atom. The van der Waals surface area contributed by atoms with Gasteiger partial charge in [0.2, 0.25) is 0 Å². The molecule has 1 saturated carbocycles. The summed E-state index contributed by atoms with van der Waals surface area (Å²) in [5, 5.41) is 15.0. The molecule has 0 aliphatic heterocycles. The van der Waals surface area contributed by atoms with E-state index in [1.807, 2.05) is 18.5 Å². The average molecular weight is 351 g/mol. The molecule has 0 unspecified atom stereocenters. The van der Waals surface area contributed by atoms with E-state index in [2.05, 4.69) is 25.8 Å². The fourth-order valence-electron chi connectivity index (χ4n) is 3.25. The topological polar surface area (TPSA) is 76.4 Å². The first-order chi connectivity index (χ1) is 12.2. The lowest BCUT2D eigenvalue weighted by molar-refractivity contribution is 0.203. The second kappa shape index (κ2) is 11.1. The van der Waals surface area contributed by atoms with Gasteiger partial charge in [-0.25, -0.2) is 4.99 Å². The quantitative estimate of drug-likeness (QED) is 0.384. The van der Waals surface area contributed by atoms with Crippen molar-refractivity contribution in [1.82, 2.24) is 25.4 Å². The Morgan fingerprint density at radius 2 is 1.96 bits per heavy atom. The fraction of sp³-hybridized carbons (Fsp3) is 0.833. The van der Waals surface area contributed by atoms with Crippen LogP contribution in [0.3, 0.4) is 0 Å². The summed E-state index contributed by atoms with van der Waals surface area (Å²) in [5.74, 6) is 3.57. The number of aryl methyl sites for hydroxylation is 1. The Bertz CT molecular complexity index is 522. The highest BCUT2D eigenvalue weighted by Crippen LogP contribution is 2.28. The summed E-state index contributed by atoms with van der Waals surface area (Å²) in [6, 6.07) is 0. The molecule has 0 radical (unpaired) electrons. The summed E-state index contributed by atoms with van der Waals surface area (Å²) in [6.07, 6.45) is 9.61. The molecule has 0 bridgehead atoms. The van der Waals surface area contributed by atoms with Gasteiger partial charge in [-0.1, -0.05) is 38.5 Å². The highest BCUT2D eigenvalue weighted by atomic mass is 16.5. The minimum absolute atomic E-state index is 0.516. The van der Waals surface area contributed by atoms with Crippen LogP contribution < -0.4 is 10.6 Å². The summed E-state index contributed by atoms with van der Waals surface area (Å²) < 4.78 is 7.08. The largest absolute Gasteiger partial charge is 0.383 e. The van der Waals surface area contributed by atoms with Gasteiger partial charge in [-0.15, -0.1) is 10.2 Å². The molecular formula is C18H34N6O. The van der Waals surface area contributed by atoms with Crippen LogP contribution in [0.2, 0.25) is 0 Å². The third-order valence-electron chi connectivity index (χ3n) is 4.97. The van der Waals surface area contributed by atoms with Gasteiger partial charge in [0.1, 0.15) is 12.4 Å². The maximum absolute atomic E-state index is 5.11. The second-order valence-corrected chi connectivity index (χ2v) is 6.88. The Hall–Kier alpha value is -1.63. The molecule has 1 aliphatic carbocycles. The van der Waals surface area contributed by atoms with Gasteiger partial charge >= 0.3 is 0 Å². The van der Waals surface area contributed by atoms with E-state index in [1.165, 1.54) is 44.9 Å². The van der Waals surface area contributed by atoms with Crippen LogP contribution in [0, 0.1) is 12.8 Å². The normalized spacial score (nSPS) is 15.7. The van der Waals surface area contributed by atoms with Gasteiger partial charge in [-0.05, 0) is 19.3 Å². The summed E-state index contributed by atoms with van der Waals surface area (Å²) in [4.78, 5) is 4.63. The third-order valence-corrected chi connectivity index (χ3v) is 4.97. The maximum Gasteiger partial charge on any atom is 0.191 e. The number of nitrogens with one attached hydrogen (secondary N) is 2. The van der Waals surface area contributed by atoms with Crippen molar-refractivity contribution in [3.05, 3.63) is 11.6 Å². The van der Waals surface area contributed by atoms with Crippen LogP contribution in [-0.4, -0.2) is 47.5 Å². The zero-order chi connectivity index (χ0) is 17.9. The molecule has 1 aromatic heterocycles. The van der Waals surface area contributed by atoms with Crippen molar-refractivity contribution in [1.29, 1.82) is 0 Å². The molecule has 2 rings (SSSR count). The number of aliphatic imine (C=N–C) groups is 1. The highest BCUT2D eigenvalue weighted by molar-refractivity contribution is 5.79. The SMILES string of the molecule is COCCNC(=NCc1nnc(C)n1C)NCCCCC1CCCC1. The molecule has 7 nitrogen and oxygen atoms in total. The van der Waals surface area contributed by atoms with Crippen LogP contribution in [0.25, 0.3) is 0 Å². The summed E-state index contributed by atoms with van der Waals surface area (Å²) in [5.41, 5.74) is 0. The minimum Gasteiger partial charge on any atom is -0.383 e. The third kappa shape index (κ3) is 7.02. The number of unbranched alkanes of at least 4 members (excludes halogenated alkanes) is 1. The lowest BCUT2D eigenvalue weighted by Gasteiger charge is -2.13. The molecular weight excluding hydrogens is 316 g/mol. The predicted octanol–water partition coefficient (Wildman–Crippen LogP) is 2.17. The van der Waals surface area contributed by atoms with Crippen molar-refractivity contribution < 1.29 is 4.74 Å². The number of rotatable bonds is 10. The van der Waals surface area contributed by atoms with Gasteiger partial charge in [-0.3, -0.25) is 0 Å². The van der Waals surface area contributed by atoms with Crippen molar-refractivity contribution in [3.8, 4) is 0 Å². The summed E-state index contributed by atoms with van der Waals surface area (Å²) in [6.45, 7) is 4.80. The van der Waals surface area contributed by atoms with Crippen molar-refractivity contribution in [2.75, 3.05) is 26.8 Å². The molecule has 0 spiro atoms. The van der Waals surface area contributed by atoms with E-state index < -0.39 is 0 Å². The molecule has 0 aromatic carbocycles. The van der Waals surface area contributed by atoms with Crippen molar-refractivity contribution in [3.63, 3.8) is 0 Å². The standard InChI is InChI=1S/C18H34N6O/c1-15-22-23-17(24(15)2)14-21-18(20-12-13-25-3)19-11-7-6-10-16-8-4-5-9-16/h16H,4-14H2,1-3H3,(H2,19,20,21). The monoisotopic (exact) mass is 350 g/mol. The summed E-state index contributed by atoms with van der Waals surface area (Å²) >= 11 is 0.